The summed E-state index contributed by atoms with van der Waals surface area (Å²) in [5, 5.41) is 4.59. The fourth-order valence-electron chi connectivity index (χ4n) is 0.843. The van der Waals surface area contributed by atoms with E-state index in [9.17, 15) is 17.2 Å². The molecule has 0 radical (unpaired) electrons. The first-order chi connectivity index (χ1) is 6.29. The van der Waals surface area contributed by atoms with E-state index in [2.05, 4.69) is 5.14 Å². The van der Waals surface area contributed by atoms with E-state index in [1.165, 1.54) is 0 Å². The number of benzene rings is 1. The second-order valence-corrected chi connectivity index (χ2v) is 3.79. The number of halogens is 2. The highest BCUT2D eigenvalue weighted by molar-refractivity contribution is 7.90. The van der Waals surface area contributed by atoms with Crippen LogP contribution in [0, 0.1) is 11.6 Å². The van der Waals surface area contributed by atoms with Gasteiger partial charge in [0.2, 0.25) is 0 Å². The van der Waals surface area contributed by atoms with E-state index in [1.807, 2.05) is 0 Å². The lowest BCUT2D eigenvalue weighted by atomic mass is 10.2. The summed E-state index contributed by atoms with van der Waals surface area (Å²) in [5.74, 6) is -2.03. The Morgan fingerprint density at radius 2 is 1.86 bits per heavy atom. The summed E-state index contributed by atoms with van der Waals surface area (Å²) in [6.07, 6.45) is 0. The Morgan fingerprint density at radius 3 is 2.29 bits per heavy atom. The summed E-state index contributed by atoms with van der Waals surface area (Å²) in [4.78, 5) is 0. The van der Waals surface area contributed by atoms with Crippen molar-refractivity contribution in [1.82, 2.24) is 0 Å². The largest absolute Gasteiger partial charge is 0.397 e. The van der Waals surface area contributed by atoms with Gasteiger partial charge in [-0.1, -0.05) is 0 Å². The van der Waals surface area contributed by atoms with E-state index in [0.717, 1.165) is 6.07 Å². The second kappa shape index (κ2) is 3.39. The lowest BCUT2D eigenvalue weighted by Crippen LogP contribution is -2.23. The summed E-state index contributed by atoms with van der Waals surface area (Å²) in [7, 11) is -4.13. The van der Waals surface area contributed by atoms with Crippen molar-refractivity contribution in [3.63, 3.8) is 0 Å². The van der Waals surface area contributed by atoms with E-state index in [4.69, 9.17) is 5.73 Å². The molecule has 1 aromatic carbocycles. The van der Waals surface area contributed by atoms with Gasteiger partial charge in [-0.2, -0.15) is 8.42 Å². The van der Waals surface area contributed by atoms with E-state index in [0.29, 0.717) is 6.07 Å². The Labute approximate surface area is 78.9 Å². The van der Waals surface area contributed by atoms with Crippen LogP contribution in [0.4, 0.5) is 20.2 Å². The third-order valence-electron chi connectivity index (χ3n) is 1.33. The lowest BCUT2D eigenvalue weighted by Gasteiger charge is -2.07. The fourth-order valence-corrected chi connectivity index (χ4v) is 1.34. The molecule has 5 N–H and O–H groups in total. The summed E-state index contributed by atoms with van der Waals surface area (Å²) >= 11 is 0. The molecule has 0 fully saturated rings. The minimum Gasteiger partial charge on any atom is -0.397 e. The van der Waals surface area contributed by atoms with Crippen LogP contribution in [0.15, 0.2) is 12.1 Å². The molecule has 0 atom stereocenters. The lowest BCUT2D eigenvalue weighted by molar-refractivity contribution is 0.584. The van der Waals surface area contributed by atoms with Crippen LogP contribution >= 0.6 is 0 Å². The van der Waals surface area contributed by atoms with E-state index in [-0.39, 0.29) is 5.69 Å². The Kier molecular flexibility index (Phi) is 2.58. The van der Waals surface area contributed by atoms with Crippen molar-refractivity contribution in [2.75, 3.05) is 10.5 Å². The van der Waals surface area contributed by atoms with Gasteiger partial charge in [-0.3, -0.25) is 4.72 Å². The molecule has 0 aromatic heterocycles. The van der Waals surface area contributed by atoms with Gasteiger partial charge in [0.1, 0.15) is 11.5 Å². The standard InChI is InChI=1S/C6H7F2N3O2S/c7-3-1-4(8)6(5(9)2-3)11-14(10,12)13/h1-2,11H,9H2,(H2,10,12,13). The van der Waals surface area contributed by atoms with Gasteiger partial charge in [0.05, 0.1) is 5.69 Å². The second-order valence-electron chi connectivity index (χ2n) is 2.50. The Morgan fingerprint density at radius 1 is 1.29 bits per heavy atom. The van der Waals surface area contributed by atoms with Gasteiger partial charge >= 0.3 is 0 Å². The first-order valence-electron chi connectivity index (χ1n) is 3.34. The first-order valence-corrected chi connectivity index (χ1v) is 4.89. The molecule has 0 aliphatic rings. The predicted molar refractivity (Wildman–Crippen MR) is 47.5 cm³/mol. The molecule has 0 heterocycles. The highest BCUT2D eigenvalue weighted by Crippen LogP contribution is 2.23. The fraction of sp³-hybridized carbons (Fsp3) is 0. The smallest absolute Gasteiger partial charge is 0.296 e. The molecule has 1 aromatic rings. The van der Waals surface area contributed by atoms with Gasteiger partial charge in [0.15, 0.2) is 5.82 Å². The van der Waals surface area contributed by atoms with Crippen LogP contribution in [-0.2, 0) is 10.2 Å². The van der Waals surface area contributed by atoms with Crippen molar-refractivity contribution >= 4 is 21.6 Å². The summed E-state index contributed by atoms with van der Waals surface area (Å²) in [5.41, 5.74) is 4.23. The first kappa shape index (κ1) is 10.7. The number of nitrogens with one attached hydrogen (secondary N) is 1. The van der Waals surface area contributed by atoms with Crippen LogP contribution in [0.2, 0.25) is 0 Å². The van der Waals surface area contributed by atoms with E-state index < -0.39 is 27.5 Å². The zero-order chi connectivity index (χ0) is 10.9. The molecule has 0 aliphatic carbocycles. The zero-order valence-electron chi connectivity index (χ0n) is 6.79. The average molecular weight is 223 g/mol. The molecule has 0 bridgehead atoms. The third-order valence-corrected chi connectivity index (χ3v) is 1.82. The minimum absolute atomic E-state index is 0.378. The summed E-state index contributed by atoms with van der Waals surface area (Å²) < 4.78 is 48.2. The maximum absolute atomic E-state index is 12.9. The Hall–Kier alpha value is -1.41. The molecule has 0 amide bonds. The summed E-state index contributed by atoms with van der Waals surface area (Å²) in [6, 6.07) is 1.26. The van der Waals surface area contributed by atoms with Crippen molar-refractivity contribution in [1.29, 1.82) is 0 Å². The molecule has 78 valence electrons. The molecule has 0 saturated carbocycles. The zero-order valence-corrected chi connectivity index (χ0v) is 7.61. The maximum Gasteiger partial charge on any atom is 0.296 e. The van der Waals surface area contributed by atoms with Crippen LogP contribution < -0.4 is 15.6 Å². The van der Waals surface area contributed by atoms with Crippen molar-refractivity contribution in [2.24, 2.45) is 5.14 Å². The number of hydrogen-bond acceptors (Lipinski definition) is 3. The van der Waals surface area contributed by atoms with Crippen LogP contribution in [0.3, 0.4) is 0 Å². The monoisotopic (exact) mass is 223 g/mol. The molecule has 8 heteroatoms. The van der Waals surface area contributed by atoms with Crippen molar-refractivity contribution in [3.8, 4) is 0 Å². The third kappa shape index (κ3) is 2.54. The molecule has 14 heavy (non-hydrogen) atoms. The Balaban J connectivity index is 3.22. The number of anilines is 2. The number of nitrogens with two attached hydrogens (primary N) is 2. The van der Waals surface area contributed by atoms with Gasteiger partial charge in [-0.05, 0) is 6.07 Å². The van der Waals surface area contributed by atoms with E-state index >= 15 is 0 Å². The molecular formula is C6H7F2N3O2S. The topological polar surface area (TPSA) is 98.2 Å². The molecule has 0 saturated heterocycles. The molecule has 0 spiro atoms. The average Bonchev–Trinajstić information content (AvgIpc) is 1.95. The molecule has 1 rings (SSSR count). The van der Waals surface area contributed by atoms with Crippen molar-refractivity contribution in [3.05, 3.63) is 23.8 Å². The van der Waals surface area contributed by atoms with Gasteiger partial charge in [0, 0.05) is 6.07 Å². The maximum atomic E-state index is 12.9. The molecular weight excluding hydrogens is 216 g/mol. The number of hydrogen-bond donors (Lipinski definition) is 3. The van der Waals surface area contributed by atoms with Gasteiger partial charge < -0.3 is 5.73 Å². The number of rotatable bonds is 2. The predicted octanol–water partition coefficient (Wildman–Crippen LogP) is 0.162. The van der Waals surface area contributed by atoms with Crippen LogP contribution in [0.5, 0.6) is 0 Å². The van der Waals surface area contributed by atoms with Crippen LogP contribution in [0.25, 0.3) is 0 Å². The van der Waals surface area contributed by atoms with Crippen molar-refractivity contribution < 1.29 is 17.2 Å². The van der Waals surface area contributed by atoms with Crippen LogP contribution in [-0.4, -0.2) is 8.42 Å². The van der Waals surface area contributed by atoms with Crippen molar-refractivity contribution in [2.45, 2.75) is 0 Å². The summed E-state index contributed by atoms with van der Waals surface area (Å²) in [6.45, 7) is 0. The van der Waals surface area contributed by atoms with Gasteiger partial charge in [-0.25, -0.2) is 13.9 Å². The molecule has 0 aliphatic heterocycles. The highest BCUT2D eigenvalue weighted by Gasteiger charge is 2.12. The van der Waals surface area contributed by atoms with Gasteiger partial charge in [-0.15, -0.1) is 0 Å². The molecule has 0 unspecified atom stereocenters. The van der Waals surface area contributed by atoms with Crippen LogP contribution in [0.1, 0.15) is 0 Å². The Bertz CT molecular complexity index is 437. The normalized spacial score (nSPS) is 11.4. The quantitative estimate of drug-likeness (QED) is 0.623. The highest BCUT2D eigenvalue weighted by atomic mass is 32.2. The SMILES string of the molecule is Nc1cc(F)cc(F)c1NS(N)(=O)=O. The number of nitrogen functional groups attached to an aromatic ring is 1. The van der Waals surface area contributed by atoms with E-state index in [1.54, 1.807) is 4.72 Å². The van der Waals surface area contributed by atoms with Gasteiger partial charge in [0.25, 0.3) is 10.2 Å². The minimum atomic E-state index is -4.13. The molecule has 5 nitrogen and oxygen atoms in total.